The highest BCUT2D eigenvalue weighted by Crippen LogP contribution is 2.37. The Labute approximate surface area is 148 Å². The minimum absolute atomic E-state index is 0.115. The number of nitrogens with one attached hydrogen (secondary N) is 1. The zero-order chi connectivity index (χ0) is 17.8. The van der Waals surface area contributed by atoms with Crippen LogP contribution in [0.3, 0.4) is 0 Å². The van der Waals surface area contributed by atoms with Gasteiger partial charge in [-0.25, -0.2) is 15.0 Å². The van der Waals surface area contributed by atoms with Gasteiger partial charge in [-0.2, -0.15) is 0 Å². The SMILES string of the molecule is CCCCn1c(CCC)nc([N+](=O)[O-])c1Sc1ncnc2nc[nH]c12. The van der Waals surface area contributed by atoms with Gasteiger partial charge in [0.05, 0.1) is 6.33 Å². The minimum atomic E-state index is -0.421. The Kier molecular flexibility index (Phi) is 5.27. The standard InChI is InChI=1S/C15H19N7O2S/c1-3-5-7-21-10(6-4-2)20-13(22(23)24)15(21)25-14-11-12(17-8-16-11)18-9-19-14/h8-9H,3-7H2,1-2H3,(H,16,17,18,19). The Balaban J connectivity index is 2.08. The number of hydrogen-bond acceptors (Lipinski definition) is 7. The molecule has 0 atom stereocenters. The largest absolute Gasteiger partial charge is 0.396 e. The molecule has 3 heterocycles. The van der Waals surface area contributed by atoms with Crippen LogP contribution in [0.5, 0.6) is 0 Å². The number of nitro groups is 1. The van der Waals surface area contributed by atoms with Crippen LogP contribution in [0.15, 0.2) is 22.7 Å². The fraction of sp³-hybridized carbons (Fsp3) is 0.467. The van der Waals surface area contributed by atoms with Crippen molar-refractivity contribution in [2.75, 3.05) is 0 Å². The van der Waals surface area contributed by atoms with E-state index >= 15 is 0 Å². The molecule has 0 radical (unpaired) electrons. The summed E-state index contributed by atoms with van der Waals surface area (Å²) in [5, 5.41) is 12.6. The molecule has 0 saturated heterocycles. The summed E-state index contributed by atoms with van der Waals surface area (Å²) in [5.41, 5.74) is 1.20. The number of aromatic nitrogens is 6. The van der Waals surface area contributed by atoms with E-state index in [0.29, 0.717) is 34.2 Å². The first-order valence-electron chi connectivity index (χ1n) is 8.21. The summed E-state index contributed by atoms with van der Waals surface area (Å²) < 4.78 is 1.96. The predicted molar refractivity (Wildman–Crippen MR) is 93.6 cm³/mol. The molecule has 0 aromatic carbocycles. The summed E-state index contributed by atoms with van der Waals surface area (Å²) in [7, 11) is 0. The van der Waals surface area contributed by atoms with Gasteiger partial charge in [0.1, 0.15) is 16.9 Å². The molecule has 132 valence electrons. The molecule has 0 fully saturated rings. The minimum Gasteiger partial charge on any atom is -0.358 e. The summed E-state index contributed by atoms with van der Waals surface area (Å²) in [4.78, 5) is 30.9. The second-order valence-electron chi connectivity index (χ2n) is 5.55. The van der Waals surface area contributed by atoms with E-state index in [1.807, 2.05) is 11.5 Å². The van der Waals surface area contributed by atoms with E-state index in [1.54, 1.807) is 0 Å². The fourth-order valence-electron chi connectivity index (χ4n) is 2.56. The number of fused-ring (bicyclic) bond motifs is 1. The molecule has 0 amide bonds. The van der Waals surface area contributed by atoms with Crippen LogP contribution < -0.4 is 0 Å². The molecular weight excluding hydrogens is 342 g/mol. The van der Waals surface area contributed by atoms with Crippen LogP contribution >= 0.6 is 11.8 Å². The van der Waals surface area contributed by atoms with E-state index in [1.165, 1.54) is 24.4 Å². The predicted octanol–water partition coefficient (Wildman–Crippen LogP) is 3.36. The smallest absolute Gasteiger partial charge is 0.358 e. The third kappa shape index (κ3) is 3.48. The second-order valence-corrected chi connectivity index (χ2v) is 6.53. The van der Waals surface area contributed by atoms with Crippen molar-refractivity contribution in [3.8, 4) is 0 Å². The molecule has 9 nitrogen and oxygen atoms in total. The molecule has 0 aliphatic rings. The van der Waals surface area contributed by atoms with Gasteiger partial charge in [0, 0.05) is 13.0 Å². The van der Waals surface area contributed by atoms with Gasteiger partial charge in [0.2, 0.25) is 5.82 Å². The van der Waals surface area contributed by atoms with E-state index in [9.17, 15) is 10.1 Å². The van der Waals surface area contributed by atoms with Crippen LogP contribution in [0.1, 0.15) is 38.9 Å². The number of hydrogen-bond donors (Lipinski definition) is 1. The van der Waals surface area contributed by atoms with Gasteiger partial charge in [-0.1, -0.05) is 20.3 Å². The highest BCUT2D eigenvalue weighted by Gasteiger charge is 2.28. The van der Waals surface area contributed by atoms with Crippen molar-refractivity contribution in [3.05, 3.63) is 28.6 Å². The maximum absolute atomic E-state index is 11.5. The molecule has 0 aliphatic heterocycles. The highest BCUT2D eigenvalue weighted by molar-refractivity contribution is 7.99. The van der Waals surface area contributed by atoms with Gasteiger partial charge < -0.3 is 15.1 Å². The molecule has 25 heavy (non-hydrogen) atoms. The monoisotopic (exact) mass is 361 g/mol. The quantitative estimate of drug-likeness (QED) is 0.371. The molecule has 0 unspecified atom stereocenters. The van der Waals surface area contributed by atoms with Crippen molar-refractivity contribution >= 4 is 28.7 Å². The molecule has 0 bridgehead atoms. The third-order valence-electron chi connectivity index (χ3n) is 3.75. The Morgan fingerprint density at radius 3 is 2.84 bits per heavy atom. The van der Waals surface area contributed by atoms with Gasteiger partial charge in [-0.15, -0.1) is 0 Å². The lowest BCUT2D eigenvalue weighted by Gasteiger charge is -2.08. The maximum Gasteiger partial charge on any atom is 0.396 e. The zero-order valence-electron chi connectivity index (χ0n) is 14.1. The van der Waals surface area contributed by atoms with Crippen LogP contribution in [-0.4, -0.2) is 34.4 Å². The number of aryl methyl sites for hydroxylation is 1. The summed E-state index contributed by atoms with van der Waals surface area (Å²) in [6.45, 7) is 4.83. The Morgan fingerprint density at radius 2 is 2.12 bits per heavy atom. The number of H-pyrrole nitrogens is 1. The number of imidazole rings is 2. The van der Waals surface area contributed by atoms with Crippen molar-refractivity contribution in [2.45, 2.75) is 56.1 Å². The first-order valence-corrected chi connectivity index (χ1v) is 9.03. The van der Waals surface area contributed by atoms with Gasteiger partial charge >= 0.3 is 5.82 Å². The Bertz CT molecular complexity index is 889. The topological polar surface area (TPSA) is 115 Å². The molecule has 3 aromatic heterocycles. The summed E-state index contributed by atoms with van der Waals surface area (Å²) in [6.07, 6.45) is 6.46. The summed E-state index contributed by atoms with van der Waals surface area (Å²) >= 11 is 1.24. The maximum atomic E-state index is 11.5. The molecule has 3 rings (SSSR count). The molecular formula is C15H19N7O2S. The van der Waals surface area contributed by atoms with E-state index in [4.69, 9.17) is 0 Å². The molecule has 1 N–H and O–H groups in total. The van der Waals surface area contributed by atoms with Gasteiger partial charge in [0.25, 0.3) is 0 Å². The van der Waals surface area contributed by atoms with Crippen molar-refractivity contribution in [2.24, 2.45) is 0 Å². The van der Waals surface area contributed by atoms with Crippen molar-refractivity contribution < 1.29 is 4.92 Å². The molecule has 0 spiro atoms. The molecule has 10 heteroatoms. The van der Waals surface area contributed by atoms with E-state index < -0.39 is 4.92 Å². The van der Waals surface area contributed by atoms with E-state index in [-0.39, 0.29) is 5.82 Å². The first-order chi connectivity index (χ1) is 12.2. The van der Waals surface area contributed by atoms with Crippen molar-refractivity contribution in [1.29, 1.82) is 0 Å². The van der Waals surface area contributed by atoms with Gasteiger partial charge in [-0.05, 0) is 34.5 Å². The van der Waals surface area contributed by atoms with Crippen LogP contribution in [0.4, 0.5) is 5.82 Å². The van der Waals surface area contributed by atoms with Crippen molar-refractivity contribution in [1.82, 2.24) is 29.5 Å². The lowest BCUT2D eigenvalue weighted by Crippen LogP contribution is -2.05. The number of aromatic amines is 1. The second kappa shape index (κ2) is 7.60. The average molecular weight is 361 g/mol. The Hall–Kier alpha value is -2.49. The summed E-state index contributed by atoms with van der Waals surface area (Å²) in [5.74, 6) is 0.635. The van der Waals surface area contributed by atoms with Crippen molar-refractivity contribution in [3.63, 3.8) is 0 Å². The average Bonchev–Trinajstić information content (AvgIpc) is 3.19. The number of rotatable bonds is 8. The van der Waals surface area contributed by atoms with Gasteiger partial charge in [0.15, 0.2) is 10.7 Å². The normalized spacial score (nSPS) is 11.3. The molecule has 0 aliphatic carbocycles. The van der Waals surface area contributed by atoms with E-state index in [0.717, 1.165) is 25.1 Å². The first kappa shape index (κ1) is 17.3. The fourth-order valence-corrected chi connectivity index (χ4v) is 3.61. The lowest BCUT2D eigenvalue weighted by molar-refractivity contribution is -0.392. The van der Waals surface area contributed by atoms with Crippen LogP contribution in [-0.2, 0) is 13.0 Å². The van der Waals surface area contributed by atoms with Crippen LogP contribution in [0, 0.1) is 10.1 Å². The third-order valence-corrected chi connectivity index (χ3v) is 4.85. The lowest BCUT2D eigenvalue weighted by atomic mass is 10.3. The van der Waals surface area contributed by atoms with Crippen LogP contribution in [0.2, 0.25) is 0 Å². The zero-order valence-corrected chi connectivity index (χ0v) is 14.9. The Morgan fingerprint density at radius 1 is 1.28 bits per heavy atom. The molecule has 3 aromatic rings. The molecule has 0 saturated carbocycles. The highest BCUT2D eigenvalue weighted by atomic mass is 32.2. The van der Waals surface area contributed by atoms with Crippen LogP contribution in [0.25, 0.3) is 11.2 Å². The van der Waals surface area contributed by atoms with E-state index in [2.05, 4.69) is 31.8 Å². The number of nitrogens with zero attached hydrogens (tertiary/aromatic N) is 6. The number of unbranched alkanes of at least 4 members (excludes halogenated alkanes) is 1. The van der Waals surface area contributed by atoms with Gasteiger partial charge in [-0.3, -0.25) is 4.57 Å². The summed E-state index contributed by atoms with van der Waals surface area (Å²) in [6, 6.07) is 0.